The second-order valence-corrected chi connectivity index (χ2v) is 9.86. The highest BCUT2D eigenvalue weighted by Crippen LogP contribution is 2.39. The Balaban J connectivity index is 1.74. The van der Waals surface area contributed by atoms with Crippen LogP contribution in [0.4, 0.5) is 16.2 Å². The molecule has 0 heterocycles. The molecular formula is C31H30N2O4. The molecule has 37 heavy (non-hydrogen) atoms. The molecule has 2 amide bonds. The molecule has 0 aliphatic rings. The van der Waals surface area contributed by atoms with Crippen LogP contribution in [-0.4, -0.2) is 17.1 Å². The fraction of sp³-hybridized carbons (Fsp3) is 0.161. The van der Waals surface area contributed by atoms with Gasteiger partial charge in [0.1, 0.15) is 5.75 Å². The molecule has 0 spiro atoms. The van der Waals surface area contributed by atoms with Crippen molar-refractivity contribution in [2.24, 2.45) is 0 Å². The summed E-state index contributed by atoms with van der Waals surface area (Å²) in [7, 11) is 0. The molecule has 0 aliphatic carbocycles. The third kappa shape index (κ3) is 6.16. The smallest absolute Gasteiger partial charge is 0.336 e. The molecule has 6 nitrogen and oxygen atoms in total. The van der Waals surface area contributed by atoms with Gasteiger partial charge in [-0.25, -0.2) is 9.59 Å². The van der Waals surface area contributed by atoms with Gasteiger partial charge >= 0.3 is 12.0 Å². The van der Waals surface area contributed by atoms with Crippen molar-refractivity contribution in [2.75, 3.05) is 10.6 Å². The molecule has 4 aromatic rings. The van der Waals surface area contributed by atoms with Gasteiger partial charge in [0.2, 0.25) is 0 Å². The van der Waals surface area contributed by atoms with E-state index in [1.807, 2.05) is 55.5 Å². The third-order valence-electron chi connectivity index (χ3n) is 5.92. The lowest BCUT2D eigenvalue weighted by atomic mass is 9.86. The summed E-state index contributed by atoms with van der Waals surface area (Å²) in [5, 5.41) is 15.4. The quantitative estimate of drug-likeness (QED) is 0.253. The van der Waals surface area contributed by atoms with Crippen molar-refractivity contribution in [3.05, 3.63) is 108 Å². The number of aromatic carboxylic acids is 1. The van der Waals surface area contributed by atoms with E-state index < -0.39 is 12.0 Å². The largest absolute Gasteiger partial charge is 0.478 e. The number of para-hydroxylation sites is 1. The van der Waals surface area contributed by atoms with Crippen molar-refractivity contribution in [1.29, 1.82) is 0 Å². The Morgan fingerprint density at radius 3 is 2.16 bits per heavy atom. The fourth-order valence-electron chi connectivity index (χ4n) is 4.02. The first kappa shape index (κ1) is 25.5. The van der Waals surface area contributed by atoms with Crippen LogP contribution in [-0.2, 0) is 5.41 Å². The lowest BCUT2D eigenvalue weighted by molar-refractivity contribution is 0.0697. The van der Waals surface area contributed by atoms with E-state index in [2.05, 4.69) is 31.4 Å². The second kappa shape index (κ2) is 10.6. The molecule has 4 aromatic carbocycles. The second-order valence-electron chi connectivity index (χ2n) is 9.86. The van der Waals surface area contributed by atoms with E-state index in [9.17, 15) is 14.7 Å². The highest BCUT2D eigenvalue weighted by atomic mass is 16.5. The zero-order valence-electron chi connectivity index (χ0n) is 21.3. The van der Waals surface area contributed by atoms with E-state index in [0.717, 1.165) is 11.1 Å². The minimum atomic E-state index is -1.03. The average Bonchev–Trinajstić information content (AvgIpc) is 2.86. The predicted molar refractivity (Wildman–Crippen MR) is 148 cm³/mol. The van der Waals surface area contributed by atoms with Crippen molar-refractivity contribution >= 4 is 23.4 Å². The van der Waals surface area contributed by atoms with Gasteiger partial charge in [0, 0.05) is 11.3 Å². The lowest BCUT2D eigenvalue weighted by Crippen LogP contribution is -2.20. The fourth-order valence-corrected chi connectivity index (χ4v) is 4.02. The maximum Gasteiger partial charge on any atom is 0.336 e. The number of carbonyl (C=O) groups excluding carboxylic acids is 1. The van der Waals surface area contributed by atoms with Gasteiger partial charge in [-0.3, -0.25) is 0 Å². The zero-order valence-corrected chi connectivity index (χ0v) is 21.3. The summed E-state index contributed by atoms with van der Waals surface area (Å²) in [4.78, 5) is 24.8. The van der Waals surface area contributed by atoms with Gasteiger partial charge in [0.05, 0.1) is 11.3 Å². The third-order valence-corrected chi connectivity index (χ3v) is 5.92. The number of carboxylic acid groups (broad SMARTS) is 1. The number of amides is 2. The number of anilines is 2. The van der Waals surface area contributed by atoms with Crippen LogP contribution in [0.5, 0.6) is 11.5 Å². The van der Waals surface area contributed by atoms with Crippen LogP contribution < -0.4 is 15.4 Å². The normalized spacial score (nSPS) is 11.0. The monoisotopic (exact) mass is 494 g/mol. The highest BCUT2D eigenvalue weighted by molar-refractivity contribution is 6.02. The molecule has 0 unspecified atom stereocenters. The van der Waals surface area contributed by atoms with Crippen LogP contribution in [0.2, 0.25) is 0 Å². The van der Waals surface area contributed by atoms with Gasteiger partial charge in [0.25, 0.3) is 0 Å². The topological polar surface area (TPSA) is 87.7 Å². The lowest BCUT2D eigenvalue weighted by Gasteiger charge is -2.23. The van der Waals surface area contributed by atoms with Gasteiger partial charge in [0.15, 0.2) is 5.75 Å². The van der Waals surface area contributed by atoms with Crippen LogP contribution >= 0.6 is 0 Å². The Morgan fingerprint density at radius 1 is 0.784 bits per heavy atom. The minimum absolute atomic E-state index is 0.159. The molecular weight excluding hydrogens is 464 g/mol. The highest BCUT2D eigenvalue weighted by Gasteiger charge is 2.21. The van der Waals surface area contributed by atoms with Crippen molar-refractivity contribution in [3.63, 3.8) is 0 Å². The Morgan fingerprint density at radius 2 is 1.46 bits per heavy atom. The van der Waals surface area contributed by atoms with Crippen molar-refractivity contribution in [3.8, 4) is 22.6 Å². The summed E-state index contributed by atoms with van der Waals surface area (Å²) >= 11 is 0. The Bertz CT molecular complexity index is 1440. The molecule has 4 rings (SSSR count). The first-order valence-electron chi connectivity index (χ1n) is 12.0. The summed E-state index contributed by atoms with van der Waals surface area (Å²) in [6, 6.07) is 26.8. The number of carbonyl (C=O) groups is 2. The average molecular weight is 495 g/mol. The predicted octanol–water partition coefficient (Wildman–Crippen LogP) is 8.09. The molecule has 0 aromatic heterocycles. The maximum atomic E-state index is 12.9. The minimum Gasteiger partial charge on any atom is -0.478 e. The van der Waals surface area contributed by atoms with Gasteiger partial charge in [-0.15, -0.1) is 0 Å². The van der Waals surface area contributed by atoms with Gasteiger partial charge < -0.3 is 20.5 Å². The number of hydrogen-bond acceptors (Lipinski definition) is 3. The van der Waals surface area contributed by atoms with Gasteiger partial charge in [-0.05, 0) is 59.9 Å². The zero-order chi connectivity index (χ0) is 26.6. The summed E-state index contributed by atoms with van der Waals surface area (Å²) in [5.41, 5.74) is 4.35. The molecule has 0 bridgehead atoms. The standard InChI is InChI=1S/C31H30N2O4/c1-20-13-16-22(17-14-20)32-30(36)33-26-19-21(23-9-5-6-10-24(23)29(34)35)15-18-28(26)37-27-12-8-7-11-25(27)31(2,3)4/h5-19H,1-4H3,(H,34,35)(H2,32,33,36). The molecule has 0 fully saturated rings. The van der Waals surface area contributed by atoms with E-state index in [1.54, 1.807) is 42.5 Å². The molecule has 6 heteroatoms. The van der Waals surface area contributed by atoms with Crippen LogP contribution in [0, 0.1) is 6.92 Å². The Hall–Kier alpha value is -4.58. The van der Waals surface area contributed by atoms with Crippen LogP contribution in [0.15, 0.2) is 91.0 Å². The number of aryl methyl sites for hydroxylation is 1. The number of urea groups is 1. The van der Waals surface area contributed by atoms with E-state index in [1.165, 1.54) is 0 Å². The van der Waals surface area contributed by atoms with E-state index in [-0.39, 0.29) is 11.0 Å². The van der Waals surface area contributed by atoms with E-state index >= 15 is 0 Å². The SMILES string of the molecule is Cc1ccc(NC(=O)Nc2cc(-c3ccccc3C(=O)O)ccc2Oc2ccccc2C(C)(C)C)cc1. The molecule has 3 N–H and O–H groups in total. The van der Waals surface area contributed by atoms with Crippen LogP contribution in [0.1, 0.15) is 42.3 Å². The molecule has 0 aliphatic heterocycles. The van der Waals surface area contributed by atoms with Gasteiger partial charge in [-0.2, -0.15) is 0 Å². The Labute approximate surface area is 216 Å². The van der Waals surface area contributed by atoms with Gasteiger partial charge in [-0.1, -0.05) is 80.9 Å². The number of hydrogen-bond donors (Lipinski definition) is 3. The summed E-state index contributed by atoms with van der Waals surface area (Å²) in [5.74, 6) is 0.0876. The molecule has 188 valence electrons. The molecule has 0 saturated carbocycles. The van der Waals surface area contributed by atoms with E-state index in [4.69, 9.17) is 4.74 Å². The Kier molecular flexibility index (Phi) is 7.30. The summed E-state index contributed by atoms with van der Waals surface area (Å²) < 4.78 is 6.34. The van der Waals surface area contributed by atoms with Crippen LogP contribution in [0.3, 0.4) is 0 Å². The first-order chi connectivity index (χ1) is 17.6. The first-order valence-corrected chi connectivity index (χ1v) is 12.0. The van der Waals surface area contributed by atoms with Crippen LogP contribution in [0.25, 0.3) is 11.1 Å². The van der Waals surface area contributed by atoms with Crippen molar-refractivity contribution in [2.45, 2.75) is 33.1 Å². The number of benzene rings is 4. The molecule has 0 atom stereocenters. The van der Waals surface area contributed by atoms with Crippen molar-refractivity contribution < 1.29 is 19.4 Å². The number of ether oxygens (including phenoxy) is 1. The number of carboxylic acids is 1. The molecule has 0 saturated heterocycles. The number of nitrogens with one attached hydrogen (secondary N) is 2. The molecule has 0 radical (unpaired) electrons. The number of rotatable bonds is 6. The summed E-state index contributed by atoms with van der Waals surface area (Å²) in [6.07, 6.45) is 0. The van der Waals surface area contributed by atoms with Crippen molar-refractivity contribution in [1.82, 2.24) is 0 Å². The summed E-state index contributed by atoms with van der Waals surface area (Å²) in [6.45, 7) is 8.29. The maximum absolute atomic E-state index is 12.9. The van der Waals surface area contributed by atoms with E-state index in [0.29, 0.717) is 34.0 Å².